The summed E-state index contributed by atoms with van der Waals surface area (Å²) < 4.78 is 0. The molecular weight excluding hydrogens is 192 g/mol. The van der Waals surface area contributed by atoms with Crippen molar-refractivity contribution in [2.45, 2.75) is 20.8 Å². The third kappa shape index (κ3) is 2.26. The van der Waals surface area contributed by atoms with Gasteiger partial charge in [-0.15, -0.1) is 0 Å². The molecule has 0 aliphatic carbocycles. The van der Waals surface area contributed by atoms with Crippen LogP contribution in [0, 0.1) is 6.92 Å². The average molecular weight is 208 g/mol. The highest BCUT2D eigenvalue weighted by Gasteiger charge is 2.17. The SMILES string of the molecule is CCN(CC)C(=O)c1c(C)cc[nH]c1=O. The fourth-order valence-electron chi connectivity index (χ4n) is 1.51. The molecule has 0 saturated heterocycles. The Morgan fingerprint density at radius 3 is 2.47 bits per heavy atom. The molecule has 0 aliphatic rings. The second-order valence-electron chi connectivity index (χ2n) is 3.34. The van der Waals surface area contributed by atoms with Crippen molar-refractivity contribution in [2.24, 2.45) is 0 Å². The summed E-state index contributed by atoms with van der Waals surface area (Å²) >= 11 is 0. The minimum Gasteiger partial charge on any atom is -0.339 e. The summed E-state index contributed by atoms with van der Waals surface area (Å²) in [6.45, 7) is 6.79. The van der Waals surface area contributed by atoms with Crippen LogP contribution in [0.25, 0.3) is 0 Å². The number of aromatic nitrogens is 1. The van der Waals surface area contributed by atoms with Crippen molar-refractivity contribution in [3.05, 3.63) is 33.7 Å². The summed E-state index contributed by atoms with van der Waals surface area (Å²) in [6, 6.07) is 1.73. The molecule has 82 valence electrons. The van der Waals surface area contributed by atoms with E-state index in [9.17, 15) is 9.59 Å². The second kappa shape index (κ2) is 4.77. The number of hydrogen-bond acceptors (Lipinski definition) is 2. The number of rotatable bonds is 3. The predicted octanol–water partition coefficient (Wildman–Crippen LogP) is 1.17. The van der Waals surface area contributed by atoms with Crippen LogP contribution in [-0.2, 0) is 0 Å². The Kier molecular flexibility index (Phi) is 3.66. The number of nitrogens with zero attached hydrogens (tertiary/aromatic N) is 1. The minimum atomic E-state index is -0.313. The van der Waals surface area contributed by atoms with Crippen LogP contribution in [-0.4, -0.2) is 28.9 Å². The zero-order chi connectivity index (χ0) is 11.4. The van der Waals surface area contributed by atoms with Crippen molar-refractivity contribution in [1.29, 1.82) is 0 Å². The van der Waals surface area contributed by atoms with Crippen molar-refractivity contribution in [3.63, 3.8) is 0 Å². The number of carbonyl (C=O) groups excluding carboxylic acids is 1. The Bertz CT molecular complexity index is 405. The lowest BCUT2D eigenvalue weighted by Gasteiger charge is -2.18. The molecule has 1 aromatic rings. The highest BCUT2D eigenvalue weighted by Crippen LogP contribution is 2.04. The normalized spacial score (nSPS) is 10.1. The van der Waals surface area contributed by atoms with Gasteiger partial charge in [0.2, 0.25) is 0 Å². The number of aromatic amines is 1. The van der Waals surface area contributed by atoms with E-state index in [2.05, 4.69) is 4.98 Å². The van der Waals surface area contributed by atoms with Crippen molar-refractivity contribution >= 4 is 5.91 Å². The monoisotopic (exact) mass is 208 g/mol. The number of hydrogen-bond donors (Lipinski definition) is 1. The molecule has 0 unspecified atom stereocenters. The summed E-state index contributed by atoms with van der Waals surface area (Å²) in [5.41, 5.74) is 0.656. The molecule has 0 bridgehead atoms. The van der Waals surface area contributed by atoms with Crippen LogP contribution in [0.1, 0.15) is 29.8 Å². The van der Waals surface area contributed by atoms with E-state index in [4.69, 9.17) is 0 Å². The number of pyridine rings is 1. The standard InChI is InChI=1S/C11H16N2O2/c1-4-13(5-2)11(15)9-8(3)6-7-12-10(9)14/h6-7H,4-5H2,1-3H3,(H,12,14). The van der Waals surface area contributed by atoms with Gasteiger partial charge in [0.25, 0.3) is 11.5 Å². The van der Waals surface area contributed by atoms with Gasteiger partial charge in [0.15, 0.2) is 0 Å². The van der Waals surface area contributed by atoms with E-state index in [0.717, 1.165) is 5.56 Å². The summed E-state index contributed by atoms with van der Waals surface area (Å²) in [5.74, 6) is -0.195. The van der Waals surface area contributed by atoms with Gasteiger partial charge < -0.3 is 9.88 Å². The van der Waals surface area contributed by atoms with Gasteiger partial charge in [0.1, 0.15) is 5.56 Å². The lowest BCUT2D eigenvalue weighted by molar-refractivity contribution is 0.0770. The quantitative estimate of drug-likeness (QED) is 0.810. The zero-order valence-corrected chi connectivity index (χ0v) is 9.33. The molecule has 15 heavy (non-hydrogen) atoms. The molecule has 0 aliphatic heterocycles. The number of amides is 1. The molecule has 1 aromatic heterocycles. The van der Waals surface area contributed by atoms with Gasteiger partial charge in [-0.05, 0) is 32.4 Å². The maximum atomic E-state index is 12.0. The molecule has 4 heteroatoms. The lowest BCUT2D eigenvalue weighted by atomic mass is 10.1. The van der Waals surface area contributed by atoms with Crippen LogP contribution in [0.3, 0.4) is 0 Å². The first-order chi connectivity index (χ1) is 7.11. The van der Waals surface area contributed by atoms with Gasteiger partial charge in [-0.2, -0.15) is 0 Å². The first-order valence-corrected chi connectivity index (χ1v) is 5.09. The van der Waals surface area contributed by atoms with Crippen LogP contribution in [0.2, 0.25) is 0 Å². The van der Waals surface area contributed by atoms with E-state index < -0.39 is 0 Å². The number of aryl methyl sites for hydroxylation is 1. The van der Waals surface area contributed by atoms with E-state index in [1.807, 2.05) is 13.8 Å². The fourth-order valence-corrected chi connectivity index (χ4v) is 1.51. The van der Waals surface area contributed by atoms with Crippen LogP contribution < -0.4 is 5.56 Å². The molecule has 0 aromatic carbocycles. The molecule has 0 saturated carbocycles. The number of nitrogens with one attached hydrogen (secondary N) is 1. The third-order valence-corrected chi connectivity index (χ3v) is 2.43. The van der Waals surface area contributed by atoms with Crippen molar-refractivity contribution in [3.8, 4) is 0 Å². The highest BCUT2D eigenvalue weighted by molar-refractivity contribution is 5.95. The van der Waals surface area contributed by atoms with Gasteiger partial charge in [0, 0.05) is 19.3 Å². The summed E-state index contributed by atoms with van der Waals surface area (Å²) in [5, 5.41) is 0. The van der Waals surface area contributed by atoms with E-state index in [1.54, 1.807) is 24.1 Å². The molecule has 0 spiro atoms. The van der Waals surface area contributed by atoms with E-state index in [-0.39, 0.29) is 17.0 Å². The summed E-state index contributed by atoms with van der Waals surface area (Å²) in [7, 11) is 0. The van der Waals surface area contributed by atoms with Crippen molar-refractivity contribution in [1.82, 2.24) is 9.88 Å². The maximum Gasteiger partial charge on any atom is 0.261 e. The Morgan fingerprint density at radius 2 is 2.00 bits per heavy atom. The van der Waals surface area contributed by atoms with E-state index in [0.29, 0.717) is 13.1 Å². The predicted molar refractivity (Wildman–Crippen MR) is 59.1 cm³/mol. The van der Waals surface area contributed by atoms with Crippen molar-refractivity contribution in [2.75, 3.05) is 13.1 Å². The van der Waals surface area contributed by atoms with Crippen LogP contribution in [0.15, 0.2) is 17.1 Å². The van der Waals surface area contributed by atoms with Crippen LogP contribution in [0.4, 0.5) is 0 Å². The lowest BCUT2D eigenvalue weighted by Crippen LogP contribution is -2.35. The van der Waals surface area contributed by atoms with Crippen molar-refractivity contribution < 1.29 is 4.79 Å². The molecule has 0 fully saturated rings. The first-order valence-electron chi connectivity index (χ1n) is 5.09. The Balaban J connectivity index is 3.16. The molecular formula is C11H16N2O2. The second-order valence-corrected chi connectivity index (χ2v) is 3.34. The Labute approximate surface area is 88.9 Å². The minimum absolute atomic E-state index is 0.195. The molecule has 1 rings (SSSR count). The zero-order valence-electron chi connectivity index (χ0n) is 9.33. The number of carbonyl (C=O) groups is 1. The summed E-state index contributed by atoms with van der Waals surface area (Å²) in [4.78, 5) is 27.6. The van der Waals surface area contributed by atoms with Gasteiger partial charge in [-0.1, -0.05) is 0 Å². The van der Waals surface area contributed by atoms with Gasteiger partial charge in [0.05, 0.1) is 0 Å². The topological polar surface area (TPSA) is 53.2 Å². The van der Waals surface area contributed by atoms with E-state index >= 15 is 0 Å². The van der Waals surface area contributed by atoms with Crippen LogP contribution in [0.5, 0.6) is 0 Å². The van der Waals surface area contributed by atoms with Gasteiger partial charge in [-0.25, -0.2) is 0 Å². The number of H-pyrrole nitrogens is 1. The molecule has 1 amide bonds. The third-order valence-electron chi connectivity index (χ3n) is 2.43. The molecule has 0 radical (unpaired) electrons. The Morgan fingerprint density at radius 1 is 1.40 bits per heavy atom. The smallest absolute Gasteiger partial charge is 0.261 e. The molecule has 1 heterocycles. The van der Waals surface area contributed by atoms with Crippen LogP contribution >= 0.6 is 0 Å². The highest BCUT2D eigenvalue weighted by atomic mass is 16.2. The van der Waals surface area contributed by atoms with Gasteiger partial charge in [-0.3, -0.25) is 9.59 Å². The first kappa shape index (κ1) is 11.5. The fraction of sp³-hybridized carbons (Fsp3) is 0.455. The van der Waals surface area contributed by atoms with E-state index in [1.165, 1.54) is 0 Å². The Hall–Kier alpha value is -1.58. The average Bonchev–Trinajstić information content (AvgIpc) is 2.19. The largest absolute Gasteiger partial charge is 0.339 e. The molecule has 1 N–H and O–H groups in total. The van der Waals surface area contributed by atoms with Gasteiger partial charge >= 0.3 is 0 Å². The molecule has 0 atom stereocenters. The summed E-state index contributed by atoms with van der Waals surface area (Å²) in [6.07, 6.45) is 1.55. The maximum absolute atomic E-state index is 12.0. The molecule has 4 nitrogen and oxygen atoms in total.